The van der Waals surface area contributed by atoms with Crippen molar-refractivity contribution in [3.8, 4) is 5.88 Å². The van der Waals surface area contributed by atoms with Crippen LogP contribution >= 0.6 is 0 Å². The molecule has 0 fully saturated rings. The summed E-state index contributed by atoms with van der Waals surface area (Å²) in [6.45, 7) is 9.49. The Labute approximate surface area is 109 Å². The van der Waals surface area contributed by atoms with Gasteiger partial charge in [0, 0.05) is 17.8 Å². The standard InChI is InChI=1S/C13H24N4O/c1-5-6-18-12-7-10(3)15-13(17-12)16-11(4)9(2)8-14/h7,9,11H,5-6,8,14H2,1-4H3,(H,15,16,17). The zero-order valence-electron chi connectivity index (χ0n) is 11.7. The van der Waals surface area contributed by atoms with E-state index in [1.807, 2.05) is 13.0 Å². The Morgan fingerprint density at radius 1 is 1.39 bits per heavy atom. The Balaban J connectivity index is 2.73. The number of aryl methyl sites for hydroxylation is 1. The number of hydrogen-bond acceptors (Lipinski definition) is 5. The first kappa shape index (κ1) is 14.7. The molecule has 0 spiro atoms. The van der Waals surface area contributed by atoms with E-state index in [1.54, 1.807) is 0 Å². The lowest BCUT2D eigenvalue weighted by Crippen LogP contribution is -2.30. The maximum absolute atomic E-state index is 5.65. The summed E-state index contributed by atoms with van der Waals surface area (Å²) < 4.78 is 5.53. The van der Waals surface area contributed by atoms with Gasteiger partial charge in [0.15, 0.2) is 0 Å². The van der Waals surface area contributed by atoms with E-state index in [-0.39, 0.29) is 6.04 Å². The quantitative estimate of drug-likeness (QED) is 0.776. The third-order valence-corrected chi connectivity index (χ3v) is 2.87. The molecule has 0 aliphatic heterocycles. The molecule has 0 saturated carbocycles. The van der Waals surface area contributed by atoms with Crippen LogP contribution in [0.2, 0.25) is 0 Å². The number of nitrogens with two attached hydrogens (primary N) is 1. The summed E-state index contributed by atoms with van der Waals surface area (Å²) in [5, 5.41) is 3.27. The molecule has 18 heavy (non-hydrogen) atoms. The van der Waals surface area contributed by atoms with Gasteiger partial charge in [0.2, 0.25) is 11.8 Å². The highest BCUT2D eigenvalue weighted by Gasteiger charge is 2.12. The number of nitrogens with zero attached hydrogens (tertiary/aromatic N) is 2. The van der Waals surface area contributed by atoms with E-state index in [9.17, 15) is 0 Å². The minimum absolute atomic E-state index is 0.232. The lowest BCUT2D eigenvalue weighted by Gasteiger charge is -2.20. The molecule has 1 aromatic heterocycles. The van der Waals surface area contributed by atoms with Crippen molar-refractivity contribution in [1.29, 1.82) is 0 Å². The molecule has 3 N–H and O–H groups in total. The van der Waals surface area contributed by atoms with Gasteiger partial charge in [0.25, 0.3) is 0 Å². The molecule has 1 heterocycles. The van der Waals surface area contributed by atoms with Crippen LogP contribution in [0, 0.1) is 12.8 Å². The molecule has 5 heteroatoms. The third-order valence-electron chi connectivity index (χ3n) is 2.87. The van der Waals surface area contributed by atoms with E-state index in [1.165, 1.54) is 0 Å². The number of aromatic nitrogens is 2. The summed E-state index contributed by atoms with van der Waals surface area (Å²) >= 11 is 0. The van der Waals surface area contributed by atoms with Gasteiger partial charge in [-0.3, -0.25) is 0 Å². The number of hydrogen-bond donors (Lipinski definition) is 2. The van der Waals surface area contributed by atoms with Gasteiger partial charge in [-0.1, -0.05) is 13.8 Å². The molecule has 0 aliphatic carbocycles. The smallest absolute Gasteiger partial charge is 0.226 e. The minimum Gasteiger partial charge on any atom is -0.478 e. The molecular weight excluding hydrogens is 228 g/mol. The molecule has 1 aromatic rings. The van der Waals surface area contributed by atoms with E-state index in [0.717, 1.165) is 12.1 Å². The molecule has 2 unspecified atom stereocenters. The number of rotatable bonds is 7. The van der Waals surface area contributed by atoms with Crippen molar-refractivity contribution in [2.24, 2.45) is 11.7 Å². The number of ether oxygens (including phenoxy) is 1. The van der Waals surface area contributed by atoms with Crippen LogP contribution in [0.1, 0.15) is 32.9 Å². The SMILES string of the molecule is CCCOc1cc(C)nc(NC(C)C(C)CN)n1. The number of nitrogens with one attached hydrogen (secondary N) is 1. The van der Waals surface area contributed by atoms with E-state index in [2.05, 4.69) is 36.1 Å². The van der Waals surface area contributed by atoms with Gasteiger partial charge in [-0.2, -0.15) is 4.98 Å². The highest BCUT2D eigenvalue weighted by Crippen LogP contribution is 2.14. The van der Waals surface area contributed by atoms with Crippen LogP contribution in [0.5, 0.6) is 5.88 Å². The highest BCUT2D eigenvalue weighted by molar-refractivity contribution is 5.31. The summed E-state index contributed by atoms with van der Waals surface area (Å²) in [5.41, 5.74) is 6.54. The molecule has 0 aromatic carbocycles. The zero-order chi connectivity index (χ0) is 13.5. The van der Waals surface area contributed by atoms with Gasteiger partial charge < -0.3 is 15.8 Å². The van der Waals surface area contributed by atoms with Gasteiger partial charge in [0.1, 0.15) is 0 Å². The first-order valence-corrected chi connectivity index (χ1v) is 6.51. The van der Waals surface area contributed by atoms with Crippen LogP contribution in [0.3, 0.4) is 0 Å². The maximum atomic E-state index is 5.65. The van der Waals surface area contributed by atoms with Gasteiger partial charge in [-0.05, 0) is 32.7 Å². The van der Waals surface area contributed by atoms with E-state index in [0.29, 0.717) is 30.9 Å². The van der Waals surface area contributed by atoms with Crippen molar-refractivity contribution in [3.63, 3.8) is 0 Å². The summed E-state index contributed by atoms with van der Waals surface area (Å²) in [7, 11) is 0. The molecule has 0 saturated heterocycles. The van der Waals surface area contributed by atoms with E-state index in [4.69, 9.17) is 10.5 Å². The summed E-state index contributed by atoms with van der Waals surface area (Å²) in [6, 6.07) is 2.08. The van der Waals surface area contributed by atoms with Crippen LogP contribution in [0.25, 0.3) is 0 Å². The molecule has 102 valence electrons. The fourth-order valence-electron chi connectivity index (χ4n) is 1.43. The molecule has 1 rings (SSSR count). The summed E-state index contributed by atoms with van der Waals surface area (Å²) in [5.74, 6) is 1.60. The predicted molar refractivity (Wildman–Crippen MR) is 73.9 cm³/mol. The average Bonchev–Trinajstić information content (AvgIpc) is 2.34. The summed E-state index contributed by atoms with van der Waals surface area (Å²) in [4.78, 5) is 8.70. The van der Waals surface area contributed by atoms with Gasteiger partial charge in [-0.25, -0.2) is 4.98 Å². The maximum Gasteiger partial charge on any atom is 0.226 e. The molecular formula is C13H24N4O. The van der Waals surface area contributed by atoms with Crippen LogP contribution in [0.15, 0.2) is 6.07 Å². The van der Waals surface area contributed by atoms with Crippen LogP contribution in [-0.2, 0) is 0 Å². The van der Waals surface area contributed by atoms with Crippen LogP contribution in [0.4, 0.5) is 5.95 Å². The van der Waals surface area contributed by atoms with Crippen molar-refractivity contribution < 1.29 is 4.74 Å². The zero-order valence-corrected chi connectivity index (χ0v) is 11.7. The third kappa shape index (κ3) is 4.49. The fourth-order valence-corrected chi connectivity index (χ4v) is 1.43. The number of anilines is 1. The molecule has 0 radical (unpaired) electrons. The first-order chi connectivity index (χ1) is 8.56. The Morgan fingerprint density at radius 2 is 2.11 bits per heavy atom. The Hall–Kier alpha value is -1.36. The molecule has 0 bridgehead atoms. The van der Waals surface area contributed by atoms with Crippen molar-refractivity contribution in [2.75, 3.05) is 18.5 Å². The average molecular weight is 252 g/mol. The fraction of sp³-hybridized carbons (Fsp3) is 0.692. The van der Waals surface area contributed by atoms with Crippen molar-refractivity contribution in [1.82, 2.24) is 9.97 Å². The van der Waals surface area contributed by atoms with Gasteiger partial charge in [-0.15, -0.1) is 0 Å². The normalized spacial score (nSPS) is 14.1. The van der Waals surface area contributed by atoms with Gasteiger partial charge >= 0.3 is 0 Å². The van der Waals surface area contributed by atoms with Crippen LogP contribution < -0.4 is 15.8 Å². The van der Waals surface area contributed by atoms with E-state index < -0.39 is 0 Å². The molecule has 0 amide bonds. The first-order valence-electron chi connectivity index (χ1n) is 6.51. The lowest BCUT2D eigenvalue weighted by atomic mass is 10.0. The topological polar surface area (TPSA) is 73.1 Å². The van der Waals surface area contributed by atoms with Crippen molar-refractivity contribution in [2.45, 2.75) is 40.2 Å². The second-order valence-corrected chi connectivity index (χ2v) is 4.67. The molecule has 2 atom stereocenters. The van der Waals surface area contributed by atoms with Crippen LogP contribution in [-0.4, -0.2) is 29.2 Å². The molecule has 0 aliphatic rings. The Morgan fingerprint density at radius 3 is 2.72 bits per heavy atom. The Bertz CT molecular complexity index is 370. The second kappa shape index (κ2) is 7.16. The molecule has 5 nitrogen and oxygen atoms in total. The minimum atomic E-state index is 0.232. The van der Waals surface area contributed by atoms with E-state index >= 15 is 0 Å². The predicted octanol–water partition coefficient (Wildman–Crippen LogP) is 1.97. The van der Waals surface area contributed by atoms with Crippen molar-refractivity contribution >= 4 is 5.95 Å². The monoisotopic (exact) mass is 252 g/mol. The van der Waals surface area contributed by atoms with Gasteiger partial charge in [0.05, 0.1) is 6.61 Å². The second-order valence-electron chi connectivity index (χ2n) is 4.67. The highest BCUT2D eigenvalue weighted by atomic mass is 16.5. The van der Waals surface area contributed by atoms with Crippen molar-refractivity contribution in [3.05, 3.63) is 11.8 Å². The largest absolute Gasteiger partial charge is 0.478 e. The lowest BCUT2D eigenvalue weighted by molar-refractivity contribution is 0.304. The Kier molecular flexibility index (Phi) is 5.85. The summed E-state index contributed by atoms with van der Waals surface area (Å²) in [6.07, 6.45) is 0.965.